The number of imide groups is 1. The molecule has 7 heteroatoms. The summed E-state index contributed by atoms with van der Waals surface area (Å²) >= 11 is 0. The standard InChI is InChI=1S/C19H25FN4O2/c1-12-14(15-3-5-17(25)22-19(15)26)2-4-16(18(12)20)24-10-13(11-24)23-8-6-21-7-9-23/h2,4,13,15,21H,3,5-11H2,1H3,(H,22,25,26). The number of rotatable bonds is 3. The predicted octanol–water partition coefficient (Wildman–Crippen LogP) is 0.748. The number of piperazine rings is 1. The van der Waals surface area contributed by atoms with E-state index in [-0.39, 0.29) is 17.6 Å². The van der Waals surface area contributed by atoms with Gasteiger partial charge in [0, 0.05) is 51.7 Å². The number of nitrogens with one attached hydrogen (secondary N) is 2. The molecule has 140 valence electrons. The van der Waals surface area contributed by atoms with Gasteiger partial charge in [-0.3, -0.25) is 19.8 Å². The molecule has 1 atom stereocenters. The lowest BCUT2D eigenvalue weighted by atomic mass is 9.87. The van der Waals surface area contributed by atoms with Crippen molar-refractivity contribution in [1.82, 2.24) is 15.5 Å². The Bertz CT molecular complexity index is 726. The normalized spacial score (nSPS) is 25.2. The van der Waals surface area contributed by atoms with E-state index in [1.54, 1.807) is 13.0 Å². The number of nitrogens with zero attached hydrogens (tertiary/aromatic N) is 2. The number of piperidine rings is 1. The maximum absolute atomic E-state index is 15.0. The van der Waals surface area contributed by atoms with Gasteiger partial charge >= 0.3 is 0 Å². The van der Waals surface area contributed by atoms with Crippen LogP contribution in [0.3, 0.4) is 0 Å². The number of hydrogen-bond donors (Lipinski definition) is 2. The quantitative estimate of drug-likeness (QED) is 0.779. The fraction of sp³-hybridized carbons (Fsp3) is 0.579. The van der Waals surface area contributed by atoms with E-state index < -0.39 is 5.92 Å². The van der Waals surface area contributed by atoms with E-state index in [1.165, 1.54) is 0 Å². The molecule has 2 N–H and O–H groups in total. The summed E-state index contributed by atoms with van der Waals surface area (Å²) in [5, 5.41) is 5.71. The smallest absolute Gasteiger partial charge is 0.234 e. The van der Waals surface area contributed by atoms with Crippen molar-refractivity contribution in [2.45, 2.75) is 31.7 Å². The molecule has 3 saturated heterocycles. The first kappa shape index (κ1) is 17.4. The SMILES string of the molecule is Cc1c(C2CCC(=O)NC2=O)ccc(N2CC(N3CCNCC3)C2)c1F. The van der Waals surface area contributed by atoms with E-state index in [0.717, 1.165) is 39.3 Å². The number of halogens is 1. The maximum atomic E-state index is 15.0. The van der Waals surface area contributed by atoms with Crippen LogP contribution >= 0.6 is 0 Å². The van der Waals surface area contributed by atoms with Crippen LogP contribution in [0.4, 0.5) is 10.1 Å². The molecule has 0 radical (unpaired) electrons. The minimum absolute atomic E-state index is 0.244. The van der Waals surface area contributed by atoms with Gasteiger partial charge in [0.05, 0.1) is 11.6 Å². The van der Waals surface area contributed by atoms with Gasteiger partial charge in [0.25, 0.3) is 0 Å². The summed E-state index contributed by atoms with van der Waals surface area (Å²) < 4.78 is 15.0. The Labute approximate surface area is 152 Å². The van der Waals surface area contributed by atoms with Crippen molar-refractivity contribution in [1.29, 1.82) is 0 Å². The lowest BCUT2D eigenvalue weighted by Gasteiger charge is -2.48. The van der Waals surface area contributed by atoms with Gasteiger partial charge in [0.1, 0.15) is 5.82 Å². The van der Waals surface area contributed by atoms with Crippen molar-refractivity contribution in [3.05, 3.63) is 29.1 Å². The Kier molecular flexibility index (Phi) is 4.67. The monoisotopic (exact) mass is 360 g/mol. The molecule has 3 aliphatic rings. The van der Waals surface area contributed by atoms with Crippen LogP contribution in [0.25, 0.3) is 0 Å². The van der Waals surface area contributed by atoms with Crippen LogP contribution in [-0.4, -0.2) is 62.0 Å². The zero-order valence-electron chi connectivity index (χ0n) is 15.1. The van der Waals surface area contributed by atoms with Crippen LogP contribution in [0.15, 0.2) is 12.1 Å². The Hall–Kier alpha value is -1.99. The van der Waals surface area contributed by atoms with Gasteiger partial charge in [-0.15, -0.1) is 0 Å². The summed E-state index contributed by atoms with van der Waals surface area (Å²) in [5.74, 6) is -1.26. The molecule has 1 aromatic rings. The molecule has 6 nitrogen and oxygen atoms in total. The highest BCUT2D eigenvalue weighted by molar-refractivity contribution is 6.01. The van der Waals surface area contributed by atoms with Crippen LogP contribution in [0.5, 0.6) is 0 Å². The van der Waals surface area contributed by atoms with Crippen LogP contribution < -0.4 is 15.5 Å². The van der Waals surface area contributed by atoms with Crippen molar-refractivity contribution in [3.63, 3.8) is 0 Å². The molecule has 0 bridgehead atoms. The molecule has 0 saturated carbocycles. The molecule has 0 aliphatic carbocycles. The van der Waals surface area contributed by atoms with Crippen molar-refractivity contribution in [3.8, 4) is 0 Å². The number of amides is 2. The van der Waals surface area contributed by atoms with Gasteiger partial charge in [-0.05, 0) is 30.5 Å². The number of carbonyl (C=O) groups excluding carboxylic acids is 2. The van der Waals surface area contributed by atoms with Gasteiger partial charge in [-0.25, -0.2) is 4.39 Å². The summed E-state index contributed by atoms with van der Waals surface area (Å²) in [7, 11) is 0. The summed E-state index contributed by atoms with van der Waals surface area (Å²) in [6.07, 6.45) is 0.747. The highest BCUT2D eigenvalue weighted by Crippen LogP contribution is 2.34. The molecule has 0 aromatic heterocycles. The first-order chi connectivity index (χ1) is 12.5. The number of carbonyl (C=O) groups is 2. The largest absolute Gasteiger partial charge is 0.366 e. The molecule has 0 spiro atoms. The summed E-state index contributed by atoms with van der Waals surface area (Å²) in [4.78, 5) is 28.0. The molecule has 1 aromatic carbocycles. The summed E-state index contributed by atoms with van der Waals surface area (Å²) in [6, 6.07) is 4.13. The van der Waals surface area contributed by atoms with Crippen molar-refractivity contribution in [2.75, 3.05) is 44.2 Å². The third-order valence-corrected chi connectivity index (χ3v) is 5.89. The first-order valence-corrected chi connectivity index (χ1v) is 9.37. The van der Waals surface area contributed by atoms with Crippen LogP contribution in [-0.2, 0) is 9.59 Å². The number of hydrogen-bond acceptors (Lipinski definition) is 5. The average Bonchev–Trinajstić information content (AvgIpc) is 2.59. The lowest BCUT2D eigenvalue weighted by Crippen LogP contribution is -2.63. The van der Waals surface area contributed by atoms with Gasteiger partial charge in [0.2, 0.25) is 11.8 Å². The number of benzene rings is 1. The third kappa shape index (κ3) is 3.10. The first-order valence-electron chi connectivity index (χ1n) is 9.37. The van der Waals surface area contributed by atoms with Gasteiger partial charge in [-0.1, -0.05) is 6.07 Å². The zero-order chi connectivity index (χ0) is 18.3. The van der Waals surface area contributed by atoms with Gasteiger partial charge < -0.3 is 10.2 Å². The Balaban J connectivity index is 1.47. The Morgan fingerprint density at radius 2 is 1.88 bits per heavy atom. The fourth-order valence-electron chi connectivity index (χ4n) is 4.23. The Morgan fingerprint density at radius 1 is 1.15 bits per heavy atom. The van der Waals surface area contributed by atoms with Gasteiger partial charge in [0.15, 0.2) is 0 Å². The van der Waals surface area contributed by atoms with E-state index >= 15 is 0 Å². The molecule has 2 amide bonds. The molecule has 3 fully saturated rings. The lowest BCUT2D eigenvalue weighted by molar-refractivity contribution is -0.134. The average molecular weight is 360 g/mol. The maximum Gasteiger partial charge on any atom is 0.234 e. The minimum atomic E-state index is -0.443. The second-order valence-corrected chi connectivity index (χ2v) is 7.46. The van der Waals surface area contributed by atoms with E-state index in [4.69, 9.17) is 0 Å². The van der Waals surface area contributed by atoms with Crippen LogP contribution in [0.1, 0.15) is 29.9 Å². The third-order valence-electron chi connectivity index (χ3n) is 5.89. The molecule has 4 rings (SSSR count). The van der Waals surface area contributed by atoms with Crippen LogP contribution in [0.2, 0.25) is 0 Å². The summed E-state index contributed by atoms with van der Waals surface area (Å²) in [5.41, 5.74) is 1.82. The number of anilines is 1. The molecular weight excluding hydrogens is 335 g/mol. The molecule has 26 heavy (non-hydrogen) atoms. The highest BCUT2D eigenvalue weighted by atomic mass is 19.1. The highest BCUT2D eigenvalue weighted by Gasteiger charge is 2.35. The topological polar surface area (TPSA) is 64.7 Å². The second kappa shape index (κ2) is 6.96. The van der Waals surface area contributed by atoms with Gasteiger partial charge in [-0.2, -0.15) is 0 Å². The molecular formula is C19H25FN4O2. The van der Waals surface area contributed by atoms with E-state index in [0.29, 0.717) is 35.7 Å². The van der Waals surface area contributed by atoms with Crippen molar-refractivity contribution < 1.29 is 14.0 Å². The minimum Gasteiger partial charge on any atom is -0.366 e. The van der Waals surface area contributed by atoms with Crippen molar-refractivity contribution >= 4 is 17.5 Å². The summed E-state index contributed by atoms with van der Waals surface area (Å²) in [6.45, 7) is 7.55. The van der Waals surface area contributed by atoms with Crippen LogP contribution in [0, 0.1) is 12.7 Å². The van der Waals surface area contributed by atoms with E-state index in [1.807, 2.05) is 6.07 Å². The van der Waals surface area contributed by atoms with E-state index in [2.05, 4.69) is 20.4 Å². The molecule has 3 heterocycles. The zero-order valence-corrected chi connectivity index (χ0v) is 15.1. The Morgan fingerprint density at radius 3 is 2.58 bits per heavy atom. The molecule has 1 unspecified atom stereocenters. The fourth-order valence-corrected chi connectivity index (χ4v) is 4.23. The predicted molar refractivity (Wildman–Crippen MR) is 96.7 cm³/mol. The van der Waals surface area contributed by atoms with E-state index in [9.17, 15) is 14.0 Å². The molecule has 3 aliphatic heterocycles. The van der Waals surface area contributed by atoms with Crippen molar-refractivity contribution in [2.24, 2.45) is 0 Å². The second-order valence-electron chi connectivity index (χ2n) is 7.46.